The third-order valence-corrected chi connectivity index (χ3v) is 4.63. The summed E-state index contributed by atoms with van der Waals surface area (Å²) in [6.45, 7) is 0.723. The van der Waals surface area contributed by atoms with Crippen molar-refractivity contribution in [3.8, 4) is 17.2 Å². The van der Waals surface area contributed by atoms with Crippen LogP contribution in [0, 0.1) is 0 Å². The van der Waals surface area contributed by atoms with Gasteiger partial charge in [-0.15, -0.1) is 0 Å². The predicted molar refractivity (Wildman–Crippen MR) is 95.6 cm³/mol. The quantitative estimate of drug-likeness (QED) is 0.832. The molecule has 0 spiro atoms. The van der Waals surface area contributed by atoms with E-state index in [0.29, 0.717) is 17.1 Å². The summed E-state index contributed by atoms with van der Waals surface area (Å²) in [6.07, 6.45) is 1.91. The first-order valence-corrected chi connectivity index (χ1v) is 8.35. The Morgan fingerprint density at radius 3 is 2.56 bits per heavy atom. The van der Waals surface area contributed by atoms with Crippen LogP contribution in [0.3, 0.4) is 0 Å². The first-order chi connectivity index (χ1) is 12.2. The number of ether oxygens (including phenoxy) is 3. The molecule has 1 amide bonds. The predicted octanol–water partition coefficient (Wildman–Crippen LogP) is 3.69. The highest BCUT2D eigenvalue weighted by atomic mass is 16.5. The maximum Gasteiger partial charge on any atom is 0.258 e. The van der Waals surface area contributed by atoms with E-state index in [1.54, 1.807) is 33.5 Å². The van der Waals surface area contributed by atoms with Crippen LogP contribution in [0.15, 0.2) is 42.5 Å². The number of benzene rings is 2. The number of likely N-dealkylation sites (tertiary alicyclic amines) is 1. The van der Waals surface area contributed by atoms with Crippen LogP contribution < -0.4 is 14.2 Å². The fourth-order valence-electron chi connectivity index (χ4n) is 3.42. The molecule has 2 aromatic carbocycles. The maximum absolute atomic E-state index is 13.2. The molecule has 25 heavy (non-hydrogen) atoms. The molecule has 5 nitrogen and oxygen atoms in total. The van der Waals surface area contributed by atoms with E-state index in [-0.39, 0.29) is 11.9 Å². The summed E-state index contributed by atoms with van der Waals surface area (Å²) < 4.78 is 16.1. The molecule has 1 aliphatic heterocycles. The lowest BCUT2D eigenvalue weighted by molar-refractivity contribution is 0.0731. The first-order valence-electron chi connectivity index (χ1n) is 8.35. The highest BCUT2D eigenvalue weighted by Crippen LogP contribution is 2.37. The molecule has 3 rings (SSSR count). The maximum atomic E-state index is 13.2. The number of amides is 1. The van der Waals surface area contributed by atoms with Gasteiger partial charge in [-0.2, -0.15) is 0 Å². The molecule has 1 fully saturated rings. The Morgan fingerprint density at radius 1 is 1.04 bits per heavy atom. The van der Waals surface area contributed by atoms with Crippen LogP contribution in [0.2, 0.25) is 0 Å². The third kappa shape index (κ3) is 3.27. The molecular formula is C20H23NO4. The van der Waals surface area contributed by atoms with Crippen molar-refractivity contribution in [2.45, 2.75) is 18.9 Å². The largest absolute Gasteiger partial charge is 0.497 e. The Morgan fingerprint density at radius 2 is 1.84 bits per heavy atom. The number of para-hydroxylation sites is 1. The highest BCUT2D eigenvalue weighted by Gasteiger charge is 2.32. The number of hydrogen-bond donors (Lipinski definition) is 0. The lowest BCUT2D eigenvalue weighted by atomic mass is 10.0. The lowest BCUT2D eigenvalue weighted by Gasteiger charge is -2.26. The van der Waals surface area contributed by atoms with Crippen LogP contribution >= 0.6 is 0 Å². The van der Waals surface area contributed by atoms with Crippen LogP contribution in [0.5, 0.6) is 17.2 Å². The monoisotopic (exact) mass is 341 g/mol. The average molecular weight is 341 g/mol. The van der Waals surface area contributed by atoms with Crippen molar-refractivity contribution in [1.29, 1.82) is 0 Å². The Balaban J connectivity index is 1.94. The second-order valence-electron chi connectivity index (χ2n) is 5.97. The summed E-state index contributed by atoms with van der Waals surface area (Å²) >= 11 is 0. The van der Waals surface area contributed by atoms with Gasteiger partial charge in [0, 0.05) is 6.54 Å². The molecule has 0 bridgehead atoms. The number of carbonyl (C=O) groups excluding carboxylic acids is 1. The van der Waals surface area contributed by atoms with Gasteiger partial charge in [0.1, 0.15) is 5.75 Å². The molecule has 1 heterocycles. The van der Waals surface area contributed by atoms with Crippen molar-refractivity contribution >= 4 is 5.91 Å². The summed E-state index contributed by atoms with van der Waals surface area (Å²) in [6, 6.07) is 13.3. The van der Waals surface area contributed by atoms with E-state index in [4.69, 9.17) is 14.2 Å². The standard InChI is InChI=1S/C20H23NO4/c1-23-15-8-4-7-14(13-15)17-10-6-12-21(17)20(22)16-9-5-11-18(24-2)19(16)25-3/h4-5,7-9,11,13,17H,6,10,12H2,1-3H3. The van der Waals surface area contributed by atoms with Gasteiger partial charge in [0.2, 0.25) is 0 Å². The van der Waals surface area contributed by atoms with Gasteiger partial charge in [0.15, 0.2) is 11.5 Å². The smallest absolute Gasteiger partial charge is 0.258 e. The number of nitrogens with zero attached hydrogens (tertiary/aromatic N) is 1. The van der Waals surface area contributed by atoms with Crippen molar-refractivity contribution in [3.05, 3.63) is 53.6 Å². The summed E-state index contributed by atoms with van der Waals surface area (Å²) in [5.74, 6) is 1.80. The number of methoxy groups -OCH3 is 3. The molecular weight excluding hydrogens is 318 g/mol. The summed E-state index contributed by atoms with van der Waals surface area (Å²) in [5.41, 5.74) is 1.61. The van der Waals surface area contributed by atoms with Crippen LogP contribution in [-0.2, 0) is 0 Å². The van der Waals surface area contributed by atoms with E-state index in [9.17, 15) is 4.79 Å². The zero-order valence-electron chi connectivity index (χ0n) is 14.8. The van der Waals surface area contributed by atoms with Gasteiger partial charge in [0.05, 0.1) is 32.9 Å². The normalized spacial score (nSPS) is 16.6. The first kappa shape index (κ1) is 17.1. The van der Waals surface area contributed by atoms with Crippen LogP contribution in [-0.4, -0.2) is 38.7 Å². The van der Waals surface area contributed by atoms with Gasteiger partial charge in [-0.25, -0.2) is 0 Å². The van der Waals surface area contributed by atoms with Gasteiger partial charge in [-0.3, -0.25) is 4.79 Å². The molecule has 0 N–H and O–H groups in total. The third-order valence-electron chi connectivity index (χ3n) is 4.63. The molecule has 5 heteroatoms. The lowest BCUT2D eigenvalue weighted by Crippen LogP contribution is -2.31. The SMILES string of the molecule is COc1cccc(C2CCCN2C(=O)c2cccc(OC)c2OC)c1. The Labute approximate surface area is 148 Å². The second kappa shape index (κ2) is 7.47. The van der Waals surface area contributed by atoms with Crippen molar-refractivity contribution in [1.82, 2.24) is 4.90 Å². The minimum Gasteiger partial charge on any atom is -0.497 e. The van der Waals surface area contributed by atoms with Gasteiger partial charge in [0.25, 0.3) is 5.91 Å². The van der Waals surface area contributed by atoms with E-state index in [0.717, 1.165) is 30.7 Å². The van der Waals surface area contributed by atoms with Gasteiger partial charge in [-0.1, -0.05) is 18.2 Å². The van der Waals surface area contributed by atoms with E-state index in [2.05, 4.69) is 0 Å². The highest BCUT2D eigenvalue weighted by molar-refractivity contribution is 5.98. The van der Waals surface area contributed by atoms with Gasteiger partial charge in [-0.05, 0) is 42.7 Å². The second-order valence-corrected chi connectivity index (χ2v) is 5.97. The topological polar surface area (TPSA) is 48.0 Å². The molecule has 1 saturated heterocycles. The van der Waals surface area contributed by atoms with Gasteiger partial charge >= 0.3 is 0 Å². The van der Waals surface area contributed by atoms with Crippen LogP contribution in [0.4, 0.5) is 0 Å². The molecule has 132 valence electrons. The molecule has 0 radical (unpaired) electrons. The number of hydrogen-bond acceptors (Lipinski definition) is 4. The van der Waals surface area contributed by atoms with E-state index in [1.165, 1.54) is 0 Å². The molecule has 1 atom stereocenters. The van der Waals surface area contributed by atoms with Gasteiger partial charge < -0.3 is 19.1 Å². The number of rotatable bonds is 5. The minimum atomic E-state index is -0.0407. The molecule has 1 unspecified atom stereocenters. The van der Waals surface area contributed by atoms with E-state index < -0.39 is 0 Å². The average Bonchev–Trinajstić information content (AvgIpc) is 3.16. The van der Waals surface area contributed by atoms with Crippen LogP contribution in [0.1, 0.15) is 34.8 Å². The summed E-state index contributed by atoms with van der Waals surface area (Å²) in [7, 11) is 4.77. The van der Waals surface area contributed by atoms with E-state index in [1.807, 2.05) is 35.2 Å². The summed E-state index contributed by atoms with van der Waals surface area (Å²) in [4.78, 5) is 15.1. The molecule has 0 aliphatic carbocycles. The van der Waals surface area contributed by atoms with Crippen molar-refractivity contribution < 1.29 is 19.0 Å². The fourth-order valence-corrected chi connectivity index (χ4v) is 3.42. The molecule has 1 aliphatic rings. The molecule has 2 aromatic rings. The Bertz CT molecular complexity index is 759. The van der Waals surface area contributed by atoms with Crippen LogP contribution in [0.25, 0.3) is 0 Å². The Hall–Kier alpha value is -2.69. The zero-order valence-corrected chi connectivity index (χ0v) is 14.8. The van der Waals surface area contributed by atoms with E-state index >= 15 is 0 Å². The van der Waals surface area contributed by atoms with Crippen molar-refractivity contribution in [2.75, 3.05) is 27.9 Å². The summed E-state index contributed by atoms with van der Waals surface area (Å²) in [5, 5.41) is 0. The minimum absolute atomic E-state index is 0.0403. The van der Waals surface area contributed by atoms with Crippen molar-refractivity contribution in [2.24, 2.45) is 0 Å². The molecule has 0 saturated carbocycles. The molecule has 0 aromatic heterocycles. The van der Waals surface area contributed by atoms with Crippen molar-refractivity contribution in [3.63, 3.8) is 0 Å². The fraction of sp³-hybridized carbons (Fsp3) is 0.350. The Kier molecular flexibility index (Phi) is 5.12. The zero-order chi connectivity index (χ0) is 17.8. The number of carbonyl (C=O) groups is 1.